The van der Waals surface area contributed by atoms with Gasteiger partial charge in [-0.2, -0.15) is 0 Å². The summed E-state index contributed by atoms with van der Waals surface area (Å²) in [6, 6.07) is 5.11. The molecular formula is C17H23FN2O. The van der Waals surface area contributed by atoms with Gasteiger partial charge in [-0.3, -0.25) is 0 Å². The minimum atomic E-state index is -0.248. The van der Waals surface area contributed by atoms with E-state index in [0.717, 1.165) is 38.2 Å². The number of ether oxygens (including phenoxy) is 1. The molecule has 0 aromatic heterocycles. The first kappa shape index (κ1) is 13.5. The zero-order valence-corrected chi connectivity index (χ0v) is 12.7. The first-order valence-electron chi connectivity index (χ1n) is 7.87. The Kier molecular flexibility index (Phi) is 2.71. The molecule has 4 heteroatoms. The van der Waals surface area contributed by atoms with E-state index in [1.165, 1.54) is 5.56 Å². The fraction of sp³-hybridized carbons (Fsp3) is 0.647. The lowest BCUT2D eigenvalue weighted by atomic mass is 9.48. The fourth-order valence-corrected chi connectivity index (χ4v) is 4.69. The summed E-state index contributed by atoms with van der Waals surface area (Å²) in [4.78, 5) is 2.27. The molecule has 1 saturated heterocycles. The quantitative estimate of drug-likeness (QED) is 0.908. The predicted octanol–water partition coefficient (Wildman–Crippen LogP) is 2.33. The van der Waals surface area contributed by atoms with E-state index in [1.807, 2.05) is 6.07 Å². The number of nitrogens with two attached hydrogens (primary N) is 1. The Balaban J connectivity index is 1.62. The van der Waals surface area contributed by atoms with Crippen LogP contribution in [0.25, 0.3) is 0 Å². The number of fused-ring (bicyclic) bond motifs is 2. The molecule has 1 aromatic carbocycles. The maximum absolute atomic E-state index is 13.6. The van der Waals surface area contributed by atoms with Gasteiger partial charge < -0.3 is 15.4 Å². The van der Waals surface area contributed by atoms with E-state index >= 15 is 0 Å². The summed E-state index contributed by atoms with van der Waals surface area (Å²) in [6.07, 6.45) is 2.32. The third kappa shape index (κ3) is 1.66. The molecular weight excluding hydrogens is 267 g/mol. The van der Waals surface area contributed by atoms with Crippen molar-refractivity contribution in [1.82, 2.24) is 0 Å². The minimum Gasteiger partial charge on any atom is -0.377 e. The zero-order valence-electron chi connectivity index (χ0n) is 12.7. The summed E-state index contributed by atoms with van der Waals surface area (Å²) >= 11 is 0. The van der Waals surface area contributed by atoms with Crippen LogP contribution in [0.15, 0.2) is 18.2 Å². The van der Waals surface area contributed by atoms with Crippen LogP contribution in [0.2, 0.25) is 0 Å². The van der Waals surface area contributed by atoms with Gasteiger partial charge in [-0.15, -0.1) is 0 Å². The molecule has 0 spiro atoms. The van der Waals surface area contributed by atoms with Gasteiger partial charge in [0.05, 0.1) is 6.10 Å². The van der Waals surface area contributed by atoms with Crippen LogP contribution >= 0.6 is 0 Å². The second kappa shape index (κ2) is 4.20. The van der Waals surface area contributed by atoms with E-state index in [2.05, 4.69) is 18.7 Å². The van der Waals surface area contributed by atoms with Gasteiger partial charge in [-0.25, -0.2) is 4.39 Å². The van der Waals surface area contributed by atoms with Gasteiger partial charge in [0.1, 0.15) is 5.82 Å². The Morgan fingerprint density at radius 2 is 2.24 bits per heavy atom. The van der Waals surface area contributed by atoms with E-state index < -0.39 is 0 Å². The molecule has 1 aromatic rings. The molecule has 0 bridgehead atoms. The van der Waals surface area contributed by atoms with Crippen LogP contribution in [0.1, 0.15) is 25.8 Å². The third-order valence-electron chi connectivity index (χ3n) is 6.16. The van der Waals surface area contributed by atoms with Crippen molar-refractivity contribution in [3.63, 3.8) is 0 Å². The molecule has 21 heavy (non-hydrogen) atoms. The Bertz CT molecular complexity index is 588. The van der Waals surface area contributed by atoms with E-state index in [9.17, 15) is 4.39 Å². The van der Waals surface area contributed by atoms with Crippen molar-refractivity contribution in [3.8, 4) is 0 Å². The van der Waals surface area contributed by atoms with Crippen molar-refractivity contribution in [3.05, 3.63) is 29.6 Å². The highest BCUT2D eigenvalue weighted by Gasteiger charge is 2.68. The van der Waals surface area contributed by atoms with Crippen molar-refractivity contribution < 1.29 is 9.13 Å². The van der Waals surface area contributed by atoms with Gasteiger partial charge in [0.2, 0.25) is 0 Å². The van der Waals surface area contributed by atoms with Crippen LogP contribution < -0.4 is 10.6 Å². The summed E-state index contributed by atoms with van der Waals surface area (Å²) in [5.74, 6) is 0.270. The molecule has 0 amide bonds. The highest BCUT2D eigenvalue weighted by atomic mass is 19.1. The van der Waals surface area contributed by atoms with Gasteiger partial charge in [0.25, 0.3) is 0 Å². The summed E-state index contributed by atoms with van der Waals surface area (Å²) in [5, 5.41) is 0. The molecule has 1 saturated carbocycles. The molecule has 2 N–H and O–H groups in total. The average Bonchev–Trinajstić information content (AvgIpc) is 3.05. The molecule has 3 nitrogen and oxygen atoms in total. The van der Waals surface area contributed by atoms with Crippen LogP contribution in [0.4, 0.5) is 10.1 Å². The lowest BCUT2D eigenvalue weighted by Crippen LogP contribution is -2.78. The maximum atomic E-state index is 13.6. The van der Waals surface area contributed by atoms with Crippen LogP contribution in [-0.4, -0.2) is 31.3 Å². The second-order valence-corrected chi connectivity index (χ2v) is 7.39. The SMILES string of the molecule is CC1(C)C2OCCC2C1(N)CN1CCc2ccc(F)cc21. The number of rotatable bonds is 2. The van der Waals surface area contributed by atoms with Crippen molar-refractivity contribution in [2.75, 3.05) is 24.6 Å². The van der Waals surface area contributed by atoms with Gasteiger partial charge in [-0.05, 0) is 30.5 Å². The van der Waals surface area contributed by atoms with E-state index in [4.69, 9.17) is 10.5 Å². The Hall–Kier alpha value is -1.13. The number of nitrogens with zero attached hydrogens (tertiary/aromatic N) is 1. The number of benzene rings is 1. The molecule has 114 valence electrons. The average molecular weight is 290 g/mol. The third-order valence-corrected chi connectivity index (χ3v) is 6.16. The summed E-state index contributed by atoms with van der Waals surface area (Å²) in [7, 11) is 0. The first-order chi connectivity index (χ1) is 9.93. The van der Waals surface area contributed by atoms with Crippen molar-refractivity contribution in [1.29, 1.82) is 0 Å². The molecule has 4 rings (SSSR count). The van der Waals surface area contributed by atoms with Gasteiger partial charge in [0.15, 0.2) is 0 Å². The Morgan fingerprint density at radius 3 is 3.05 bits per heavy atom. The predicted molar refractivity (Wildman–Crippen MR) is 80.9 cm³/mol. The van der Waals surface area contributed by atoms with Crippen molar-refractivity contribution >= 4 is 5.69 Å². The number of anilines is 1. The largest absolute Gasteiger partial charge is 0.377 e. The van der Waals surface area contributed by atoms with E-state index in [-0.39, 0.29) is 22.9 Å². The van der Waals surface area contributed by atoms with Crippen LogP contribution in [0.5, 0.6) is 0 Å². The van der Waals surface area contributed by atoms with Gasteiger partial charge in [-0.1, -0.05) is 19.9 Å². The normalized spacial score (nSPS) is 36.3. The van der Waals surface area contributed by atoms with Crippen LogP contribution in [-0.2, 0) is 11.2 Å². The number of hydrogen-bond acceptors (Lipinski definition) is 3. The summed E-state index contributed by atoms with van der Waals surface area (Å²) in [6.45, 7) is 6.97. The molecule has 1 aliphatic carbocycles. The molecule has 2 aliphatic heterocycles. The maximum Gasteiger partial charge on any atom is 0.125 e. The van der Waals surface area contributed by atoms with E-state index in [0.29, 0.717) is 5.92 Å². The van der Waals surface area contributed by atoms with Crippen LogP contribution in [0, 0.1) is 17.2 Å². The van der Waals surface area contributed by atoms with E-state index in [1.54, 1.807) is 12.1 Å². The Morgan fingerprint density at radius 1 is 1.43 bits per heavy atom. The Labute approximate surface area is 125 Å². The first-order valence-corrected chi connectivity index (χ1v) is 7.87. The molecule has 3 atom stereocenters. The molecule has 3 unspecified atom stereocenters. The van der Waals surface area contributed by atoms with Crippen LogP contribution in [0.3, 0.4) is 0 Å². The summed E-state index contributed by atoms with van der Waals surface area (Å²) < 4.78 is 19.4. The highest BCUT2D eigenvalue weighted by Crippen LogP contribution is 2.58. The minimum absolute atomic E-state index is 0.0236. The standard InChI is InChI=1S/C17H23FN2O/c1-16(2)15-13(6-8-21-15)17(16,19)10-20-7-5-11-3-4-12(18)9-14(11)20/h3-4,9,13,15H,5-8,10,19H2,1-2H3. The fourth-order valence-electron chi connectivity index (χ4n) is 4.69. The smallest absolute Gasteiger partial charge is 0.125 e. The molecule has 2 fully saturated rings. The number of halogens is 1. The lowest BCUT2D eigenvalue weighted by molar-refractivity contribution is -0.151. The van der Waals surface area contributed by atoms with Gasteiger partial charge in [0, 0.05) is 42.3 Å². The monoisotopic (exact) mass is 290 g/mol. The molecule has 3 aliphatic rings. The van der Waals surface area contributed by atoms with Crippen molar-refractivity contribution in [2.45, 2.75) is 38.3 Å². The summed E-state index contributed by atoms with van der Waals surface area (Å²) in [5.41, 5.74) is 8.81. The zero-order chi connectivity index (χ0) is 14.8. The van der Waals surface area contributed by atoms with Gasteiger partial charge >= 0.3 is 0 Å². The highest BCUT2D eigenvalue weighted by molar-refractivity contribution is 5.58. The molecule has 0 radical (unpaired) electrons. The molecule has 2 heterocycles. The second-order valence-electron chi connectivity index (χ2n) is 7.39. The lowest BCUT2D eigenvalue weighted by Gasteiger charge is -2.63. The number of hydrogen-bond donors (Lipinski definition) is 1. The van der Waals surface area contributed by atoms with Crippen molar-refractivity contribution in [2.24, 2.45) is 17.1 Å². The topological polar surface area (TPSA) is 38.5 Å².